The lowest BCUT2D eigenvalue weighted by molar-refractivity contribution is 0.883. The molecule has 1 aliphatic heterocycles. The van der Waals surface area contributed by atoms with Crippen LogP contribution in [-0.4, -0.2) is 16.3 Å². The second-order valence-electron chi connectivity index (χ2n) is 6.39. The van der Waals surface area contributed by atoms with E-state index in [0.717, 1.165) is 35.7 Å². The highest BCUT2D eigenvalue weighted by atomic mass is 35.5. The average molecular weight is 380 g/mol. The second-order valence-corrected chi connectivity index (χ2v) is 7.20. The molecule has 0 fully saturated rings. The van der Waals surface area contributed by atoms with E-state index < -0.39 is 0 Å². The quantitative estimate of drug-likeness (QED) is 0.465. The lowest BCUT2D eigenvalue weighted by Crippen LogP contribution is -2.04. The highest BCUT2D eigenvalue weighted by Gasteiger charge is 2.25. The summed E-state index contributed by atoms with van der Waals surface area (Å²) in [5, 5.41) is 11.9. The number of anilines is 1. The van der Waals surface area contributed by atoms with Crippen molar-refractivity contribution in [2.24, 2.45) is 0 Å². The zero-order valence-electron chi connectivity index (χ0n) is 13.8. The number of hydrogen-bond acceptors (Lipinski definition) is 2. The number of benzene rings is 3. The number of fused-ring (bicyclic) bond motifs is 2. The van der Waals surface area contributed by atoms with Crippen LogP contribution in [0.1, 0.15) is 5.56 Å². The third kappa shape index (κ3) is 2.39. The standard InChI is InChI=1S/C21H15Cl2N3/c22-18-9-8-14(12-19(18)23)26-21-17(10-11-24-21)20(25-26)16-7-3-5-13-4-1-2-6-15(13)16/h1-9,12,24H,10-11H2. The maximum atomic E-state index is 6.22. The minimum absolute atomic E-state index is 0.526. The van der Waals surface area contributed by atoms with Gasteiger partial charge in [0, 0.05) is 17.7 Å². The Morgan fingerprint density at radius 1 is 0.923 bits per heavy atom. The predicted molar refractivity (Wildman–Crippen MR) is 109 cm³/mol. The van der Waals surface area contributed by atoms with Gasteiger partial charge in [-0.2, -0.15) is 5.10 Å². The topological polar surface area (TPSA) is 29.9 Å². The summed E-state index contributed by atoms with van der Waals surface area (Å²) in [5.74, 6) is 1.03. The summed E-state index contributed by atoms with van der Waals surface area (Å²) in [7, 11) is 0. The average Bonchev–Trinajstić information content (AvgIpc) is 3.26. The van der Waals surface area contributed by atoms with Gasteiger partial charge in [0.25, 0.3) is 0 Å². The van der Waals surface area contributed by atoms with Crippen LogP contribution in [-0.2, 0) is 6.42 Å². The molecular formula is C21H15Cl2N3. The van der Waals surface area contributed by atoms with Crippen LogP contribution in [0.5, 0.6) is 0 Å². The number of nitrogens with one attached hydrogen (secondary N) is 1. The molecule has 0 amide bonds. The first-order valence-electron chi connectivity index (χ1n) is 8.52. The van der Waals surface area contributed by atoms with Crippen molar-refractivity contribution in [2.45, 2.75) is 6.42 Å². The van der Waals surface area contributed by atoms with E-state index in [1.807, 2.05) is 16.8 Å². The van der Waals surface area contributed by atoms with Gasteiger partial charge < -0.3 is 5.32 Å². The zero-order valence-corrected chi connectivity index (χ0v) is 15.3. The summed E-state index contributed by atoms with van der Waals surface area (Å²) in [6.45, 7) is 0.909. The van der Waals surface area contributed by atoms with Gasteiger partial charge in [-0.1, -0.05) is 65.7 Å². The molecular weight excluding hydrogens is 365 g/mol. The molecule has 0 saturated carbocycles. The Morgan fingerprint density at radius 2 is 1.77 bits per heavy atom. The molecule has 0 atom stereocenters. The third-order valence-electron chi connectivity index (χ3n) is 4.84. The van der Waals surface area contributed by atoms with Crippen LogP contribution >= 0.6 is 23.2 Å². The SMILES string of the molecule is Clc1ccc(-n2nc(-c3cccc4ccccc34)c3c2NCC3)cc1Cl. The summed E-state index contributed by atoms with van der Waals surface area (Å²) in [5.41, 5.74) is 4.32. The van der Waals surface area contributed by atoms with Gasteiger partial charge in [0.1, 0.15) is 5.82 Å². The van der Waals surface area contributed by atoms with Crippen LogP contribution in [0.2, 0.25) is 10.0 Å². The van der Waals surface area contributed by atoms with Gasteiger partial charge in [-0.25, -0.2) is 4.68 Å². The van der Waals surface area contributed by atoms with Gasteiger partial charge >= 0.3 is 0 Å². The molecule has 26 heavy (non-hydrogen) atoms. The Labute approximate surface area is 161 Å². The lowest BCUT2D eigenvalue weighted by Gasteiger charge is -2.08. The second kappa shape index (κ2) is 6.04. The first kappa shape index (κ1) is 15.7. The van der Waals surface area contributed by atoms with Gasteiger partial charge in [0.05, 0.1) is 21.4 Å². The lowest BCUT2D eigenvalue weighted by atomic mass is 9.99. The number of nitrogens with zero attached hydrogens (tertiary/aromatic N) is 2. The Balaban J connectivity index is 1.75. The molecule has 128 valence electrons. The van der Waals surface area contributed by atoms with E-state index in [1.54, 1.807) is 6.07 Å². The molecule has 1 aliphatic rings. The van der Waals surface area contributed by atoms with Crippen molar-refractivity contribution < 1.29 is 0 Å². The molecule has 0 bridgehead atoms. The zero-order chi connectivity index (χ0) is 17.7. The van der Waals surface area contributed by atoms with E-state index >= 15 is 0 Å². The van der Waals surface area contributed by atoms with E-state index in [4.69, 9.17) is 28.3 Å². The Morgan fingerprint density at radius 3 is 2.65 bits per heavy atom. The van der Waals surface area contributed by atoms with Crippen LogP contribution in [0.3, 0.4) is 0 Å². The predicted octanol–water partition coefficient (Wildman–Crippen LogP) is 5.97. The van der Waals surface area contributed by atoms with Gasteiger partial charge in [0.15, 0.2) is 0 Å². The fourth-order valence-corrected chi connectivity index (χ4v) is 3.92. The van der Waals surface area contributed by atoms with Gasteiger partial charge in [-0.3, -0.25) is 0 Å². The molecule has 3 nitrogen and oxygen atoms in total. The molecule has 4 aromatic rings. The van der Waals surface area contributed by atoms with Crippen LogP contribution < -0.4 is 5.32 Å². The van der Waals surface area contributed by atoms with E-state index in [1.165, 1.54) is 16.3 Å². The van der Waals surface area contributed by atoms with E-state index in [0.29, 0.717) is 10.0 Å². The maximum Gasteiger partial charge on any atom is 0.133 e. The summed E-state index contributed by atoms with van der Waals surface area (Å²) >= 11 is 12.3. The highest BCUT2D eigenvalue weighted by Crippen LogP contribution is 2.38. The fourth-order valence-electron chi connectivity index (χ4n) is 3.63. The third-order valence-corrected chi connectivity index (χ3v) is 5.58. The maximum absolute atomic E-state index is 6.22. The van der Waals surface area contributed by atoms with Crippen LogP contribution in [0.4, 0.5) is 5.82 Å². The molecule has 0 spiro atoms. The highest BCUT2D eigenvalue weighted by molar-refractivity contribution is 6.42. The van der Waals surface area contributed by atoms with E-state index in [-0.39, 0.29) is 0 Å². The summed E-state index contributed by atoms with van der Waals surface area (Å²) < 4.78 is 1.93. The van der Waals surface area contributed by atoms with Gasteiger partial charge in [0.2, 0.25) is 0 Å². The smallest absolute Gasteiger partial charge is 0.133 e. The molecule has 2 heterocycles. The molecule has 5 heteroatoms. The number of hydrogen-bond donors (Lipinski definition) is 1. The van der Waals surface area contributed by atoms with Gasteiger partial charge in [-0.15, -0.1) is 0 Å². The van der Waals surface area contributed by atoms with Crippen LogP contribution in [0.15, 0.2) is 60.7 Å². The van der Waals surface area contributed by atoms with Crippen molar-refractivity contribution in [3.05, 3.63) is 76.3 Å². The molecule has 0 unspecified atom stereocenters. The van der Waals surface area contributed by atoms with Crippen molar-refractivity contribution in [1.82, 2.24) is 9.78 Å². The Hall–Kier alpha value is -2.49. The van der Waals surface area contributed by atoms with E-state index in [9.17, 15) is 0 Å². The normalized spacial score (nSPS) is 13.0. The number of halogens is 2. The molecule has 1 N–H and O–H groups in total. The summed E-state index contributed by atoms with van der Waals surface area (Å²) in [6.07, 6.45) is 0.954. The molecule has 0 radical (unpaired) electrons. The minimum atomic E-state index is 0.526. The monoisotopic (exact) mass is 379 g/mol. The first-order valence-corrected chi connectivity index (χ1v) is 9.27. The minimum Gasteiger partial charge on any atom is -0.369 e. The number of rotatable bonds is 2. The molecule has 5 rings (SSSR count). The number of aromatic nitrogens is 2. The summed E-state index contributed by atoms with van der Waals surface area (Å²) in [6, 6.07) is 20.4. The molecule has 0 aliphatic carbocycles. The van der Waals surface area contributed by atoms with E-state index in [2.05, 4.69) is 47.8 Å². The first-order chi connectivity index (χ1) is 12.7. The summed E-state index contributed by atoms with van der Waals surface area (Å²) in [4.78, 5) is 0. The van der Waals surface area contributed by atoms with Crippen molar-refractivity contribution in [3.8, 4) is 16.9 Å². The van der Waals surface area contributed by atoms with Crippen molar-refractivity contribution >= 4 is 39.8 Å². The van der Waals surface area contributed by atoms with Crippen molar-refractivity contribution in [1.29, 1.82) is 0 Å². The molecule has 0 saturated heterocycles. The van der Waals surface area contributed by atoms with Crippen LogP contribution in [0.25, 0.3) is 27.7 Å². The molecule has 1 aromatic heterocycles. The van der Waals surface area contributed by atoms with Crippen LogP contribution in [0, 0.1) is 0 Å². The van der Waals surface area contributed by atoms with Gasteiger partial charge in [-0.05, 0) is 35.4 Å². The van der Waals surface area contributed by atoms with Crippen molar-refractivity contribution in [2.75, 3.05) is 11.9 Å². The largest absolute Gasteiger partial charge is 0.369 e. The Bertz CT molecular complexity index is 1140. The fraction of sp³-hybridized carbons (Fsp3) is 0.0952. The van der Waals surface area contributed by atoms with Crippen molar-refractivity contribution in [3.63, 3.8) is 0 Å². The Kier molecular flexibility index (Phi) is 3.66. The molecule has 3 aromatic carbocycles.